The first-order chi connectivity index (χ1) is 10.0. The van der Waals surface area contributed by atoms with Gasteiger partial charge in [0.2, 0.25) is 0 Å². The Morgan fingerprint density at radius 2 is 2.00 bits per heavy atom. The van der Waals surface area contributed by atoms with E-state index in [0.717, 1.165) is 6.42 Å². The number of carbonyl (C=O) groups excluding carboxylic acids is 1. The van der Waals surface area contributed by atoms with Crippen LogP contribution in [0.2, 0.25) is 0 Å². The molecular formula is C16H21NO4. The zero-order valence-electron chi connectivity index (χ0n) is 12.4. The molecule has 2 unspecified atom stereocenters. The van der Waals surface area contributed by atoms with Crippen LogP contribution in [0.4, 0.5) is 0 Å². The molecule has 2 atom stereocenters. The smallest absolute Gasteiger partial charge is 0.305 e. The van der Waals surface area contributed by atoms with Gasteiger partial charge in [-0.05, 0) is 30.5 Å². The Labute approximate surface area is 124 Å². The predicted octanol–water partition coefficient (Wildman–Crippen LogP) is 1.95. The van der Waals surface area contributed by atoms with Crippen molar-refractivity contribution in [1.82, 2.24) is 4.90 Å². The molecule has 1 heterocycles. The Hall–Kier alpha value is -1.88. The number of aliphatic carboxylic acids is 1. The van der Waals surface area contributed by atoms with Crippen molar-refractivity contribution >= 4 is 11.9 Å². The average molecular weight is 291 g/mol. The lowest BCUT2D eigenvalue weighted by Gasteiger charge is -2.23. The third kappa shape index (κ3) is 3.61. The van der Waals surface area contributed by atoms with Crippen LogP contribution in [-0.4, -0.2) is 47.7 Å². The molecule has 1 saturated heterocycles. The molecule has 0 aromatic heterocycles. The Morgan fingerprint density at radius 3 is 2.52 bits per heavy atom. The van der Waals surface area contributed by atoms with Crippen molar-refractivity contribution in [3.63, 3.8) is 0 Å². The lowest BCUT2D eigenvalue weighted by molar-refractivity contribution is -0.137. The third-order valence-corrected chi connectivity index (χ3v) is 3.99. The summed E-state index contributed by atoms with van der Waals surface area (Å²) < 4.78 is 5.29. The largest absolute Gasteiger partial charge is 0.481 e. The van der Waals surface area contributed by atoms with Gasteiger partial charge in [-0.25, -0.2) is 0 Å². The number of ether oxygens (including phenoxy) is 1. The number of rotatable bonds is 5. The molecule has 1 fully saturated rings. The highest BCUT2D eigenvalue weighted by Gasteiger charge is 2.36. The molecule has 21 heavy (non-hydrogen) atoms. The first-order valence-electron chi connectivity index (χ1n) is 7.19. The fourth-order valence-electron chi connectivity index (χ4n) is 2.74. The number of carboxylic acids is 1. The molecule has 5 nitrogen and oxygen atoms in total. The molecule has 2 rings (SSSR count). The second kappa shape index (κ2) is 6.72. The van der Waals surface area contributed by atoms with Crippen LogP contribution >= 0.6 is 0 Å². The summed E-state index contributed by atoms with van der Waals surface area (Å²) in [5, 5.41) is 8.99. The molecule has 1 aliphatic heterocycles. The van der Waals surface area contributed by atoms with Gasteiger partial charge < -0.3 is 14.7 Å². The Morgan fingerprint density at radius 1 is 1.33 bits per heavy atom. The van der Waals surface area contributed by atoms with Crippen molar-refractivity contribution in [1.29, 1.82) is 0 Å². The molecule has 0 radical (unpaired) electrons. The topological polar surface area (TPSA) is 66.8 Å². The molecule has 0 saturated carbocycles. The van der Waals surface area contributed by atoms with Gasteiger partial charge in [0.05, 0.1) is 12.5 Å². The summed E-state index contributed by atoms with van der Waals surface area (Å²) >= 11 is 0. The fourth-order valence-corrected chi connectivity index (χ4v) is 2.74. The number of methoxy groups -OCH3 is 1. The third-order valence-electron chi connectivity index (χ3n) is 3.99. The molecule has 5 heteroatoms. The van der Waals surface area contributed by atoms with Gasteiger partial charge in [0.1, 0.15) is 0 Å². The molecule has 114 valence electrons. The molecular weight excluding hydrogens is 270 g/mol. The summed E-state index contributed by atoms with van der Waals surface area (Å²) in [4.78, 5) is 25.2. The molecule has 1 N–H and O–H groups in total. The summed E-state index contributed by atoms with van der Waals surface area (Å²) in [6.07, 6.45) is 1.36. The number of hydrogen-bond acceptors (Lipinski definition) is 3. The number of carboxylic acid groups (broad SMARTS) is 1. The standard InChI is InChI=1S/C16H21NO4/c1-3-11-4-6-12(7-5-11)16(20)17-10-14(21-2)8-13(17)9-15(18)19/h4-7,13-14H,3,8-10H2,1-2H3,(H,18,19). The van der Waals surface area contributed by atoms with Crippen LogP contribution in [-0.2, 0) is 16.0 Å². The molecule has 1 amide bonds. The lowest BCUT2D eigenvalue weighted by atomic mass is 10.1. The van der Waals surface area contributed by atoms with Crippen LogP contribution < -0.4 is 0 Å². The van der Waals surface area contributed by atoms with Crippen LogP contribution in [0.5, 0.6) is 0 Å². The second-order valence-electron chi connectivity index (χ2n) is 5.35. The molecule has 0 spiro atoms. The summed E-state index contributed by atoms with van der Waals surface area (Å²) in [5.41, 5.74) is 1.77. The van der Waals surface area contributed by atoms with Crippen molar-refractivity contribution < 1.29 is 19.4 Å². The Bertz CT molecular complexity index is 512. The van der Waals surface area contributed by atoms with Gasteiger partial charge in [-0.15, -0.1) is 0 Å². The number of amides is 1. The van der Waals surface area contributed by atoms with E-state index in [1.807, 2.05) is 12.1 Å². The number of aryl methyl sites for hydroxylation is 1. The van der Waals surface area contributed by atoms with Gasteiger partial charge in [-0.1, -0.05) is 19.1 Å². The predicted molar refractivity (Wildman–Crippen MR) is 78.3 cm³/mol. The summed E-state index contributed by atoms with van der Waals surface area (Å²) in [7, 11) is 1.59. The maximum atomic E-state index is 12.6. The minimum Gasteiger partial charge on any atom is -0.481 e. The fraction of sp³-hybridized carbons (Fsp3) is 0.500. The Kier molecular flexibility index (Phi) is 4.96. The van der Waals surface area contributed by atoms with E-state index >= 15 is 0 Å². The molecule has 1 aromatic carbocycles. The first kappa shape index (κ1) is 15.5. The van der Waals surface area contributed by atoms with Crippen LogP contribution in [0.3, 0.4) is 0 Å². The van der Waals surface area contributed by atoms with Gasteiger partial charge in [0.15, 0.2) is 0 Å². The minimum atomic E-state index is -0.893. The highest BCUT2D eigenvalue weighted by molar-refractivity contribution is 5.95. The van der Waals surface area contributed by atoms with E-state index < -0.39 is 5.97 Å². The van der Waals surface area contributed by atoms with Crippen LogP contribution in [0.15, 0.2) is 24.3 Å². The zero-order chi connectivity index (χ0) is 15.4. The number of carbonyl (C=O) groups is 2. The minimum absolute atomic E-state index is 0.0430. The van der Waals surface area contributed by atoms with Crippen LogP contribution in [0.25, 0.3) is 0 Å². The van der Waals surface area contributed by atoms with E-state index in [-0.39, 0.29) is 24.5 Å². The quantitative estimate of drug-likeness (QED) is 0.900. The van der Waals surface area contributed by atoms with E-state index in [9.17, 15) is 9.59 Å². The van der Waals surface area contributed by atoms with E-state index in [4.69, 9.17) is 9.84 Å². The van der Waals surface area contributed by atoms with Crippen LogP contribution in [0, 0.1) is 0 Å². The molecule has 1 aliphatic rings. The number of likely N-dealkylation sites (tertiary alicyclic amines) is 1. The second-order valence-corrected chi connectivity index (χ2v) is 5.35. The van der Waals surface area contributed by atoms with Gasteiger partial charge in [0.25, 0.3) is 5.91 Å². The highest BCUT2D eigenvalue weighted by Crippen LogP contribution is 2.25. The first-order valence-corrected chi connectivity index (χ1v) is 7.19. The van der Waals surface area contributed by atoms with Crippen molar-refractivity contribution in [2.24, 2.45) is 0 Å². The van der Waals surface area contributed by atoms with Gasteiger partial charge in [-0.3, -0.25) is 9.59 Å². The molecule has 0 aliphatic carbocycles. The highest BCUT2D eigenvalue weighted by atomic mass is 16.5. The Balaban J connectivity index is 2.15. The van der Waals surface area contributed by atoms with Gasteiger partial charge in [0, 0.05) is 25.3 Å². The zero-order valence-corrected chi connectivity index (χ0v) is 12.4. The maximum Gasteiger partial charge on any atom is 0.305 e. The van der Waals surface area contributed by atoms with E-state index in [0.29, 0.717) is 18.5 Å². The number of nitrogens with zero attached hydrogens (tertiary/aromatic N) is 1. The monoisotopic (exact) mass is 291 g/mol. The molecule has 1 aromatic rings. The van der Waals surface area contributed by atoms with Crippen molar-refractivity contribution in [3.8, 4) is 0 Å². The molecule has 0 bridgehead atoms. The van der Waals surface area contributed by atoms with E-state index in [1.165, 1.54) is 5.56 Å². The van der Waals surface area contributed by atoms with Crippen molar-refractivity contribution in [2.75, 3.05) is 13.7 Å². The van der Waals surface area contributed by atoms with Crippen molar-refractivity contribution in [3.05, 3.63) is 35.4 Å². The maximum absolute atomic E-state index is 12.6. The normalized spacial score (nSPS) is 21.5. The van der Waals surface area contributed by atoms with Gasteiger partial charge >= 0.3 is 5.97 Å². The SMILES string of the molecule is CCc1ccc(C(=O)N2CC(OC)CC2CC(=O)O)cc1. The summed E-state index contributed by atoms with van der Waals surface area (Å²) in [6, 6.07) is 7.18. The number of benzene rings is 1. The van der Waals surface area contributed by atoms with Crippen LogP contribution in [0.1, 0.15) is 35.7 Å². The number of hydrogen-bond donors (Lipinski definition) is 1. The van der Waals surface area contributed by atoms with E-state index in [1.54, 1.807) is 24.1 Å². The summed E-state index contributed by atoms with van der Waals surface area (Å²) in [6.45, 7) is 2.51. The van der Waals surface area contributed by atoms with Crippen molar-refractivity contribution in [2.45, 2.75) is 38.3 Å². The lowest BCUT2D eigenvalue weighted by Crippen LogP contribution is -2.37. The average Bonchev–Trinajstić information content (AvgIpc) is 2.89. The van der Waals surface area contributed by atoms with Gasteiger partial charge in [-0.2, -0.15) is 0 Å². The van der Waals surface area contributed by atoms with E-state index in [2.05, 4.69) is 6.92 Å². The summed E-state index contributed by atoms with van der Waals surface area (Å²) in [5.74, 6) is -1.01.